The van der Waals surface area contributed by atoms with Crippen LogP contribution in [0.4, 0.5) is 0 Å². The average Bonchev–Trinajstić information content (AvgIpc) is 2.76. The van der Waals surface area contributed by atoms with Gasteiger partial charge in [-0.05, 0) is 47.0 Å². The van der Waals surface area contributed by atoms with Gasteiger partial charge in [0.05, 0.1) is 0 Å². The van der Waals surface area contributed by atoms with Gasteiger partial charge in [0.1, 0.15) is 11.8 Å². The molecule has 2 aromatic carbocycles. The molecule has 0 aliphatic heterocycles. The molecule has 0 spiro atoms. The molecule has 5 heteroatoms. The van der Waals surface area contributed by atoms with Crippen molar-refractivity contribution < 1.29 is 5.11 Å². The number of rotatable bonds is 3. The zero-order valence-electron chi connectivity index (χ0n) is 15.6. The predicted octanol–water partition coefficient (Wildman–Crippen LogP) is 4.32. The predicted molar refractivity (Wildman–Crippen MR) is 116 cm³/mol. The molecule has 0 radical (unpaired) electrons. The SMILES string of the molecule is C#Cc1cccc(-c2cc(=O)n(C)c3ncc(C(O)c4ccc(Cl)cc4)cc23)c1. The van der Waals surface area contributed by atoms with Crippen LogP contribution in [0.5, 0.6) is 0 Å². The van der Waals surface area contributed by atoms with Gasteiger partial charge in [-0.2, -0.15) is 0 Å². The van der Waals surface area contributed by atoms with Crippen LogP contribution in [0.25, 0.3) is 22.2 Å². The van der Waals surface area contributed by atoms with Gasteiger partial charge < -0.3 is 5.11 Å². The largest absolute Gasteiger partial charge is 0.384 e. The molecule has 1 unspecified atom stereocenters. The molecule has 4 rings (SSSR count). The number of hydrogen-bond donors (Lipinski definition) is 1. The molecule has 2 heterocycles. The van der Waals surface area contributed by atoms with Crippen molar-refractivity contribution >= 4 is 22.6 Å². The summed E-state index contributed by atoms with van der Waals surface area (Å²) in [6.07, 6.45) is 6.25. The molecule has 0 amide bonds. The van der Waals surface area contributed by atoms with E-state index in [0.29, 0.717) is 21.8 Å². The number of hydrogen-bond acceptors (Lipinski definition) is 3. The molecule has 4 aromatic rings. The van der Waals surface area contributed by atoms with Crippen molar-refractivity contribution in [3.63, 3.8) is 0 Å². The van der Waals surface area contributed by atoms with Gasteiger partial charge in [0.2, 0.25) is 0 Å². The van der Waals surface area contributed by atoms with Gasteiger partial charge in [0.15, 0.2) is 0 Å². The van der Waals surface area contributed by atoms with Gasteiger partial charge >= 0.3 is 0 Å². The Morgan fingerprint density at radius 3 is 2.59 bits per heavy atom. The summed E-state index contributed by atoms with van der Waals surface area (Å²) < 4.78 is 1.49. The summed E-state index contributed by atoms with van der Waals surface area (Å²) in [4.78, 5) is 16.9. The number of terminal acetylenes is 1. The monoisotopic (exact) mass is 400 g/mol. The maximum Gasteiger partial charge on any atom is 0.252 e. The van der Waals surface area contributed by atoms with Crippen LogP contribution in [-0.4, -0.2) is 14.7 Å². The van der Waals surface area contributed by atoms with E-state index in [-0.39, 0.29) is 5.56 Å². The molecule has 0 aliphatic carbocycles. The molecule has 2 aromatic heterocycles. The highest BCUT2D eigenvalue weighted by Gasteiger charge is 2.16. The fourth-order valence-electron chi connectivity index (χ4n) is 3.34. The van der Waals surface area contributed by atoms with Gasteiger partial charge in [-0.25, -0.2) is 4.98 Å². The van der Waals surface area contributed by atoms with Crippen molar-refractivity contribution in [3.8, 4) is 23.5 Å². The van der Waals surface area contributed by atoms with Crippen molar-refractivity contribution in [1.29, 1.82) is 0 Å². The van der Waals surface area contributed by atoms with Crippen molar-refractivity contribution in [2.24, 2.45) is 7.05 Å². The quantitative estimate of drug-likeness (QED) is 0.521. The zero-order chi connectivity index (χ0) is 20.5. The number of aromatic nitrogens is 2. The zero-order valence-corrected chi connectivity index (χ0v) is 16.4. The summed E-state index contributed by atoms with van der Waals surface area (Å²) in [5.74, 6) is 2.62. The number of nitrogens with zero attached hydrogens (tertiary/aromatic N) is 2. The fraction of sp³-hybridized carbons (Fsp3) is 0.0833. The summed E-state index contributed by atoms with van der Waals surface area (Å²) in [6, 6.07) is 17.9. The molecular weight excluding hydrogens is 384 g/mol. The first-order valence-corrected chi connectivity index (χ1v) is 9.36. The second-order valence-corrected chi connectivity index (χ2v) is 7.21. The molecule has 142 valence electrons. The van der Waals surface area contributed by atoms with E-state index in [2.05, 4.69) is 10.9 Å². The van der Waals surface area contributed by atoms with E-state index in [0.717, 1.165) is 22.1 Å². The number of benzene rings is 2. The number of halogens is 1. The summed E-state index contributed by atoms with van der Waals surface area (Å²) >= 11 is 5.95. The Morgan fingerprint density at radius 1 is 1.10 bits per heavy atom. The second-order valence-electron chi connectivity index (χ2n) is 6.77. The van der Waals surface area contributed by atoms with Crippen molar-refractivity contribution in [3.05, 3.63) is 98.9 Å². The average molecular weight is 401 g/mol. The normalized spacial score (nSPS) is 11.9. The third-order valence-electron chi connectivity index (χ3n) is 4.94. The minimum absolute atomic E-state index is 0.169. The number of fused-ring (bicyclic) bond motifs is 1. The maximum absolute atomic E-state index is 12.5. The lowest BCUT2D eigenvalue weighted by atomic mass is 9.97. The summed E-state index contributed by atoms with van der Waals surface area (Å²) in [7, 11) is 1.68. The van der Waals surface area contributed by atoms with Gasteiger partial charge in [-0.3, -0.25) is 9.36 Å². The third kappa shape index (κ3) is 3.54. The smallest absolute Gasteiger partial charge is 0.252 e. The van der Waals surface area contributed by atoms with E-state index in [1.165, 1.54) is 4.57 Å². The van der Waals surface area contributed by atoms with E-state index in [9.17, 15) is 9.90 Å². The Morgan fingerprint density at radius 2 is 1.86 bits per heavy atom. The lowest BCUT2D eigenvalue weighted by Crippen LogP contribution is -2.17. The number of pyridine rings is 2. The van der Waals surface area contributed by atoms with Crippen LogP contribution in [0.3, 0.4) is 0 Å². The molecular formula is C24H17ClN2O2. The first kappa shape index (κ1) is 18.9. The molecule has 0 bridgehead atoms. The number of aliphatic hydroxyl groups excluding tert-OH is 1. The lowest BCUT2D eigenvalue weighted by Gasteiger charge is -2.15. The van der Waals surface area contributed by atoms with Crippen LogP contribution in [0.2, 0.25) is 5.02 Å². The van der Waals surface area contributed by atoms with Gasteiger partial charge in [-0.15, -0.1) is 6.42 Å². The molecule has 0 saturated heterocycles. The van der Waals surface area contributed by atoms with Gasteiger partial charge in [0.25, 0.3) is 5.56 Å². The lowest BCUT2D eigenvalue weighted by molar-refractivity contribution is 0.220. The highest BCUT2D eigenvalue weighted by atomic mass is 35.5. The van der Waals surface area contributed by atoms with Crippen LogP contribution in [0.1, 0.15) is 22.8 Å². The molecule has 0 saturated carbocycles. The minimum atomic E-state index is -0.869. The van der Waals surface area contributed by atoms with E-state index in [1.54, 1.807) is 43.6 Å². The number of aryl methyl sites for hydroxylation is 1. The maximum atomic E-state index is 12.5. The van der Waals surface area contributed by atoms with Gasteiger partial charge in [0, 0.05) is 40.8 Å². The second kappa shape index (κ2) is 7.56. The summed E-state index contributed by atoms with van der Waals surface area (Å²) in [5.41, 5.74) is 3.95. The van der Waals surface area contributed by atoms with Gasteiger partial charge in [-0.1, -0.05) is 41.8 Å². The highest BCUT2D eigenvalue weighted by Crippen LogP contribution is 2.30. The Kier molecular flexibility index (Phi) is 4.94. The van der Waals surface area contributed by atoms with Crippen molar-refractivity contribution in [2.45, 2.75) is 6.10 Å². The minimum Gasteiger partial charge on any atom is -0.384 e. The standard InChI is InChI=1S/C24H17ClN2O2/c1-3-15-5-4-6-17(11-15)20-13-22(28)27(2)24-21(20)12-18(14-26-24)23(29)16-7-9-19(25)10-8-16/h1,4-14,23,29H,2H3. The van der Waals surface area contributed by atoms with Crippen LogP contribution in [0, 0.1) is 12.3 Å². The number of aliphatic hydroxyl groups is 1. The van der Waals surface area contributed by atoms with E-state index >= 15 is 0 Å². The Labute approximate surface area is 173 Å². The highest BCUT2D eigenvalue weighted by molar-refractivity contribution is 6.30. The molecule has 0 fully saturated rings. The molecule has 29 heavy (non-hydrogen) atoms. The fourth-order valence-corrected chi connectivity index (χ4v) is 3.47. The first-order chi connectivity index (χ1) is 14.0. The Balaban J connectivity index is 1.93. The van der Waals surface area contributed by atoms with Crippen LogP contribution in [-0.2, 0) is 7.05 Å². The molecule has 0 aliphatic rings. The summed E-state index contributed by atoms with van der Waals surface area (Å²) in [5, 5.41) is 12.2. The van der Waals surface area contributed by atoms with Crippen molar-refractivity contribution in [1.82, 2.24) is 9.55 Å². The van der Waals surface area contributed by atoms with E-state index in [4.69, 9.17) is 18.0 Å². The third-order valence-corrected chi connectivity index (χ3v) is 5.19. The van der Waals surface area contributed by atoms with E-state index in [1.807, 2.05) is 30.3 Å². The first-order valence-electron chi connectivity index (χ1n) is 8.98. The van der Waals surface area contributed by atoms with Crippen LogP contribution < -0.4 is 5.56 Å². The van der Waals surface area contributed by atoms with Crippen LogP contribution >= 0.6 is 11.6 Å². The molecule has 1 atom stereocenters. The Hall–Kier alpha value is -3.39. The molecule has 1 N–H and O–H groups in total. The molecule has 4 nitrogen and oxygen atoms in total. The van der Waals surface area contributed by atoms with E-state index < -0.39 is 6.10 Å². The summed E-state index contributed by atoms with van der Waals surface area (Å²) in [6.45, 7) is 0. The topological polar surface area (TPSA) is 55.1 Å². The van der Waals surface area contributed by atoms with Crippen LogP contribution in [0.15, 0.2) is 71.7 Å². The van der Waals surface area contributed by atoms with Crippen molar-refractivity contribution in [2.75, 3.05) is 0 Å². The Bertz CT molecular complexity index is 1320.